The predicted octanol–water partition coefficient (Wildman–Crippen LogP) is 4.02. The molecule has 0 saturated carbocycles. The maximum Gasteiger partial charge on any atom is 0.314 e. The van der Waals surface area contributed by atoms with Gasteiger partial charge >= 0.3 is 11.8 Å². The third-order valence-electron chi connectivity index (χ3n) is 4.14. The standard InChI is InChI=1S/C19H20BrN3O2/c20-14-5-4-6-16(13-14)22-19(25)18(24)21-15-7-9-17(10-8-15)23-11-2-1-3-12-23/h4-10,13H,1-3,11-12H2,(H,21,24)(H,22,25). The van der Waals surface area contributed by atoms with Gasteiger partial charge in [0.1, 0.15) is 0 Å². The molecule has 1 saturated heterocycles. The zero-order valence-corrected chi connectivity index (χ0v) is 15.4. The Morgan fingerprint density at radius 2 is 1.48 bits per heavy atom. The summed E-state index contributed by atoms with van der Waals surface area (Å²) in [6, 6.07) is 14.7. The second kappa shape index (κ2) is 8.16. The Bertz CT molecular complexity index is 756. The number of amides is 2. The van der Waals surface area contributed by atoms with Crippen molar-refractivity contribution in [3.8, 4) is 0 Å². The zero-order chi connectivity index (χ0) is 17.6. The summed E-state index contributed by atoms with van der Waals surface area (Å²) in [7, 11) is 0. The van der Waals surface area contributed by atoms with Crippen LogP contribution in [0.4, 0.5) is 17.1 Å². The molecule has 2 amide bonds. The highest BCUT2D eigenvalue weighted by atomic mass is 79.9. The minimum Gasteiger partial charge on any atom is -0.372 e. The normalized spacial score (nSPS) is 14.0. The van der Waals surface area contributed by atoms with Crippen LogP contribution in [0, 0.1) is 0 Å². The number of benzene rings is 2. The van der Waals surface area contributed by atoms with Gasteiger partial charge in [-0.05, 0) is 61.7 Å². The van der Waals surface area contributed by atoms with Gasteiger partial charge in [0.05, 0.1) is 0 Å². The molecule has 0 spiro atoms. The SMILES string of the molecule is O=C(Nc1ccc(N2CCCCC2)cc1)C(=O)Nc1cccc(Br)c1. The molecule has 1 aliphatic heterocycles. The number of anilines is 3. The second-order valence-corrected chi connectivity index (χ2v) is 6.93. The molecule has 130 valence electrons. The number of hydrogen-bond donors (Lipinski definition) is 2. The monoisotopic (exact) mass is 401 g/mol. The van der Waals surface area contributed by atoms with E-state index < -0.39 is 11.8 Å². The van der Waals surface area contributed by atoms with Crippen LogP contribution in [-0.2, 0) is 9.59 Å². The smallest absolute Gasteiger partial charge is 0.314 e. The van der Waals surface area contributed by atoms with Crippen molar-refractivity contribution in [1.29, 1.82) is 0 Å². The van der Waals surface area contributed by atoms with Crippen molar-refractivity contribution in [3.63, 3.8) is 0 Å². The topological polar surface area (TPSA) is 61.4 Å². The summed E-state index contributed by atoms with van der Waals surface area (Å²) < 4.78 is 0.832. The van der Waals surface area contributed by atoms with Crippen molar-refractivity contribution in [3.05, 3.63) is 53.0 Å². The zero-order valence-electron chi connectivity index (χ0n) is 13.8. The first-order chi connectivity index (χ1) is 12.1. The Kier molecular flexibility index (Phi) is 5.71. The van der Waals surface area contributed by atoms with Gasteiger partial charge in [-0.25, -0.2) is 0 Å². The molecule has 0 aromatic heterocycles. The molecule has 1 heterocycles. The molecular formula is C19H20BrN3O2. The van der Waals surface area contributed by atoms with Gasteiger partial charge in [-0.3, -0.25) is 9.59 Å². The van der Waals surface area contributed by atoms with E-state index in [0.717, 1.165) is 23.2 Å². The quantitative estimate of drug-likeness (QED) is 0.763. The Hall–Kier alpha value is -2.34. The average molecular weight is 402 g/mol. The van der Waals surface area contributed by atoms with E-state index in [0.29, 0.717) is 11.4 Å². The molecule has 3 rings (SSSR count). The highest BCUT2D eigenvalue weighted by Gasteiger charge is 2.15. The Labute approximate surface area is 155 Å². The summed E-state index contributed by atoms with van der Waals surface area (Å²) in [5.41, 5.74) is 2.32. The van der Waals surface area contributed by atoms with E-state index in [-0.39, 0.29) is 0 Å². The van der Waals surface area contributed by atoms with Crippen LogP contribution in [0.3, 0.4) is 0 Å². The number of nitrogens with one attached hydrogen (secondary N) is 2. The fourth-order valence-corrected chi connectivity index (χ4v) is 3.25. The van der Waals surface area contributed by atoms with Crippen molar-refractivity contribution in [2.45, 2.75) is 19.3 Å². The number of nitrogens with zero attached hydrogens (tertiary/aromatic N) is 1. The summed E-state index contributed by atoms with van der Waals surface area (Å²) in [5, 5.41) is 5.20. The molecule has 1 aliphatic rings. The first kappa shape index (κ1) is 17.5. The fourth-order valence-electron chi connectivity index (χ4n) is 2.85. The number of carbonyl (C=O) groups is 2. The molecule has 0 bridgehead atoms. The summed E-state index contributed by atoms with van der Waals surface area (Å²) in [6.45, 7) is 2.14. The minimum atomic E-state index is -0.696. The maximum absolute atomic E-state index is 12.0. The van der Waals surface area contributed by atoms with Crippen molar-refractivity contribution in [2.75, 3.05) is 28.6 Å². The van der Waals surface area contributed by atoms with Gasteiger partial charge in [-0.15, -0.1) is 0 Å². The fraction of sp³-hybridized carbons (Fsp3) is 0.263. The van der Waals surface area contributed by atoms with E-state index in [9.17, 15) is 9.59 Å². The lowest BCUT2D eigenvalue weighted by molar-refractivity contribution is -0.132. The van der Waals surface area contributed by atoms with Gasteiger partial charge < -0.3 is 15.5 Å². The summed E-state index contributed by atoms with van der Waals surface area (Å²) >= 11 is 3.33. The predicted molar refractivity (Wildman–Crippen MR) is 104 cm³/mol. The van der Waals surface area contributed by atoms with E-state index in [4.69, 9.17) is 0 Å². The molecule has 2 N–H and O–H groups in total. The van der Waals surface area contributed by atoms with Gasteiger partial charge in [-0.1, -0.05) is 22.0 Å². The van der Waals surface area contributed by atoms with E-state index in [1.165, 1.54) is 19.3 Å². The second-order valence-electron chi connectivity index (χ2n) is 6.01. The number of halogens is 1. The van der Waals surface area contributed by atoms with Crippen molar-refractivity contribution in [1.82, 2.24) is 0 Å². The largest absolute Gasteiger partial charge is 0.372 e. The van der Waals surface area contributed by atoms with E-state index >= 15 is 0 Å². The van der Waals surface area contributed by atoms with Crippen LogP contribution in [0.25, 0.3) is 0 Å². The van der Waals surface area contributed by atoms with Crippen LogP contribution >= 0.6 is 15.9 Å². The van der Waals surface area contributed by atoms with Crippen LogP contribution in [0.5, 0.6) is 0 Å². The highest BCUT2D eigenvalue weighted by Crippen LogP contribution is 2.22. The molecule has 0 radical (unpaired) electrons. The van der Waals surface area contributed by atoms with Crippen LogP contribution in [0.1, 0.15) is 19.3 Å². The van der Waals surface area contributed by atoms with E-state index in [1.807, 2.05) is 30.3 Å². The molecule has 1 fully saturated rings. The van der Waals surface area contributed by atoms with Crippen LogP contribution < -0.4 is 15.5 Å². The highest BCUT2D eigenvalue weighted by molar-refractivity contribution is 9.10. The van der Waals surface area contributed by atoms with Crippen molar-refractivity contribution in [2.24, 2.45) is 0 Å². The van der Waals surface area contributed by atoms with Gasteiger partial charge in [0.25, 0.3) is 0 Å². The Morgan fingerprint density at radius 3 is 2.12 bits per heavy atom. The third-order valence-corrected chi connectivity index (χ3v) is 4.63. The lowest BCUT2D eigenvalue weighted by Gasteiger charge is -2.28. The molecule has 25 heavy (non-hydrogen) atoms. The minimum absolute atomic E-state index is 0.565. The van der Waals surface area contributed by atoms with Crippen LogP contribution in [-0.4, -0.2) is 24.9 Å². The lowest BCUT2D eigenvalue weighted by Crippen LogP contribution is -2.30. The molecule has 5 nitrogen and oxygen atoms in total. The Balaban J connectivity index is 1.57. The molecule has 6 heteroatoms. The summed E-state index contributed by atoms with van der Waals surface area (Å²) in [6.07, 6.45) is 3.72. The third kappa shape index (κ3) is 4.82. The Morgan fingerprint density at radius 1 is 0.840 bits per heavy atom. The van der Waals surface area contributed by atoms with Gasteiger partial charge in [0.2, 0.25) is 0 Å². The first-order valence-electron chi connectivity index (χ1n) is 8.35. The number of rotatable bonds is 3. The van der Waals surface area contributed by atoms with Crippen molar-refractivity contribution < 1.29 is 9.59 Å². The average Bonchev–Trinajstić information content (AvgIpc) is 2.63. The summed E-state index contributed by atoms with van der Waals surface area (Å²) in [5.74, 6) is -1.39. The van der Waals surface area contributed by atoms with Gasteiger partial charge in [-0.2, -0.15) is 0 Å². The number of hydrogen-bond acceptors (Lipinski definition) is 3. The maximum atomic E-state index is 12.0. The molecule has 0 unspecified atom stereocenters. The number of carbonyl (C=O) groups excluding carboxylic acids is 2. The van der Waals surface area contributed by atoms with E-state index in [1.54, 1.807) is 18.2 Å². The summed E-state index contributed by atoms with van der Waals surface area (Å²) in [4.78, 5) is 26.4. The molecule has 2 aromatic rings. The molecule has 0 atom stereocenters. The molecule has 0 aliphatic carbocycles. The molecule has 2 aromatic carbocycles. The number of piperidine rings is 1. The van der Waals surface area contributed by atoms with Gasteiger partial charge in [0, 0.05) is 34.6 Å². The van der Waals surface area contributed by atoms with E-state index in [2.05, 4.69) is 31.5 Å². The lowest BCUT2D eigenvalue weighted by atomic mass is 10.1. The van der Waals surface area contributed by atoms with Crippen LogP contribution in [0.2, 0.25) is 0 Å². The molecular weight excluding hydrogens is 382 g/mol. The van der Waals surface area contributed by atoms with Crippen LogP contribution in [0.15, 0.2) is 53.0 Å². The van der Waals surface area contributed by atoms with Gasteiger partial charge in [0.15, 0.2) is 0 Å². The first-order valence-corrected chi connectivity index (χ1v) is 9.14. The van der Waals surface area contributed by atoms with Crippen molar-refractivity contribution >= 4 is 44.8 Å².